The van der Waals surface area contributed by atoms with Crippen molar-refractivity contribution in [3.8, 4) is 5.75 Å². The summed E-state index contributed by atoms with van der Waals surface area (Å²) in [6.07, 6.45) is 3.79. The highest BCUT2D eigenvalue weighted by Crippen LogP contribution is 2.33. The molecule has 8 heteroatoms. The Morgan fingerprint density at radius 3 is 2.78 bits per heavy atom. The van der Waals surface area contributed by atoms with E-state index >= 15 is 0 Å². The van der Waals surface area contributed by atoms with E-state index in [4.69, 9.17) is 11.6 Å². The van der Waals surface area contributed by atoms with Crippen LogP contribution in [0.5, 0.6) is 5.75 Å². The molecule has 0 fully saturated rings. The van der Waals surface area contributed by atoms with E-state index in [-0.39, 0.29) is 23.0 Å². The Balaban J connectivity index is 2.03. The standard InChI is InChI=1S/C15H18ClNO4S2/c1-23(20,21)14-8-12(2-3-13(14)18)9-15(19)17-22-7-5-11(10-22)4-6-16/h2-3,5,7-8,10,18,22H,4,6,9H2,1H3,(H,17,19). The van der Waals surface area contributed by atoms with E-state index in [0.29, 0.717) is 11.4 Å². The molecule has 1 aliphatic rings. The maximum atomic E-state index is 12.1. The van der Waals surface area contributed by atoms with Crippen LogP contribution in [0.25, 0.3) is 0 Å². The number of hydrogen-bond acceptors (Lipinski definition) is 4. The van der Waals surface area contributed by atoms with Gasteiger partial charge in [-0.2, -0.15) is 0 Å². The highest BCUT2D eigenvalue weighted by atomic mass is 35.5. The molecule has 1 atom stereocenters. The summed E-state index contributed by atoms with van der Waals surface area (Å²) in [5, 5.41) is 13.5. The number of phenols is 1. The van der Waals surface area contributed by atoms with Gasteiger partial charge in [-0.3, -0.25) is 4.79 Å². The first-order chi connectivity index (χ1) is 10.8. The van der Waals surface area contributed by atoms with Crippen LogP contribution in [0.4, 0.5) is 0 Å². The Hall–Kier alpha value is -1.44. The molecule has 5 nitrogen and oxygen atoms in total. The Labute approximate surface area is 143 Å². The second-order valence-electron chi connectivity index (χ2n) is 5.15. The molecule has 126 valence electrons. The molecule has 0 saturated carbocycles. The minimum Gasteiger partial charge on any atom is -0.507 e. The number of halogens is 1. The Morgan fingerprint density at radius 1 is 1.39 bits per heavy atom. The predicted octanol–water partition coefficient (Wildman–Crippen LogP) is 2.41. The van der Waals surface area contributed by atoms with E-state index in [1.54, 1.807) is 0 Å². The summed E-state index contributed by atoms with van der Waals surface area (Å²) in [5.41, 5.74) is 1.64. The Kier molecular flexibility index (Phi) is 5.78. The van der Waals surface area contributed by atoms with Gasteiger partial charge in [0, 0.05) is 12.1 Å². The number of phenolic OH excluding ortho intramolecular Hbond substituents is 1. The zero-order valence-electron chi connectivity index (χ0n) is 12.5. The van der Waals surface area contributed by atoms with Crippen molar-refractivity contribution in [3.63, 3.8) is 0 Å². The van der Waals surface area contributed by atoms with Crippen LogP contribution < -0.4 is 4.72 Å². The SMILES string of the molecule is CS(=O)(=O)c1cc(CC(=O)N[SH]2C=CC(CCCl)=C2)ccc1O. The quantitative estimate of drug-likeness (QED) is 0.526. The molecule has 1 heterocycles. The number of allylic oxidation sites excluding steroid dienone is 2. The van der Waals surface area contributed by atoms with Gasteiger partial charge >= 0.3 is 0 Å². The minimum atomic E-state index is -3.54. The lowest BCUT2D eigenvalue weighted by molar-refractivity contribution is -0.118. The van der Waals surface area contributed by atoms with Crippen LogP contribution in [0.15, 0.2) is 45.6 Å². The van der Waals surface area contributed by atoms with Crippen LogP contribution >= 0.6 is 22.7 Å². The molecule has 1 aromatic carbocycles. The average molecular weight is 376 g/mol. The molecule has 2 N–H and O–H groups in total. The maximum Gasteiger partial charge on any atom is 0.233 e. The fourth-order valence-corrected chi connectivity index (χ4v) is 4.65. The molecule has 1 aliphatic heterocycles. The number of rotatable bonds is 6. The maximum absolute atomic E-state index is 12.1. The number of carbonyl (C=O) groups excluding carboxylic acids is 1. The van der Waals surface area contributed by atoms with Gasteiger partial charge < -0.3 is 9.83 Å². The summed E-state index contributed by atoms with van der Waals surface area (Å²) >= 11 is 4.85. The second-order valence-corrected chi connectivity index (χ2v) is 9.11. The van der Waals surface area contributed by atoms with E-state index in [1.165, 1.54) is 18.2 Å². The Morgan fingerprint density at radius 2 is 2.13 bits per heavy atom. The lowest BCUT2D eigenvalue weighted by Gasteiger charge is -2.13. The van der Waals surface area contributed by atoms with E-state index < -0.39 is 20.9 Å². The van der Waals surface area contributed by atoms with Crippen molar-refractivity contribution in [1.82, 2.24) is 4.72 Å². The molecule has 2 rings (SSSR count). The summed E-state index contributed by atoms with van der Waals surface area (Å²) in [6.45, 7) is 0. The molecule has 0 spiro atoms. The summed E-state index contributed by atoms with van der Waals surface area (Å²) in [5.74, 6) is 0.0254. The molecule has 0 aromatic heterocycles. The first kappa shape index (κ1) is 17.9. The van der Waals surface area contributed by atoms with Crippen LogP contribution in [-0.2, 0) is 21.1 Å². The van der Waals surface area contributed by atoms with E-state index in [2.05, 4.69) is 4.72 Å². The number of thiol groups is 1. The van der Waals surface area contributed by atoms with Crippen molar-refractivity contribution >= 4 is 38.4 Å². The highest BCUT2D eigenvalue weighted by Gasteiger charge is 2.15. The van der Waals surface area contributed by atoms with Crippen molar-refractivity contribution in [2.24, 2.45) is 0 Å². The lowest BCUT2D eigenvalue weighted by atomic mass is 10.1. The highest BCUT2D eigenvalue weighted by molar-refractivity contribution is 8.21. The second kappa shape index (κ2) is 7.42. The molecular weight excluding hydrogens is 358 g/mol. The molecule has 0 aliphatic carbocycles. The summed E-state index contributed by atoms with van der Waals surface area (Å²) in [6, 6.07) is 4.16. The van der Waals surface area contributed by atoms with Gasteiger partial charge in [-0.05, 0) is 40.5 Å². The molecule has 0 bridgehead atoms. The molecule has 1 aromatic rings. The number of alkyl halides is 1. The monoisotopic (exact) mass is 375 g/mol. The third-order valence-electron chi connectivity index (χ3n) is 3.18. The lowest BCUT2D eigenvalue weighted by Crippen LogP contribution is -2.20. The Bertz CT molecular complexity index is 772. The van der Waals surface area contributed by atoms with E-state index in [1.807, 2.05) is 16.9 Å². The first-order valence-corrected chi connectivity index (χ1v) is 10.7. The van der Waals surface area contributed by atoms with Crippen LogP contribution in [0.3, 0.4) is 0 Å². The molecule has 1 amide bonds. The van der Waals surface area contributed by atoms with Gasteiger partial charge in [-0.25, -0.2) is 8.42 Å². The van der Waals surface area contributed by atoms with Crippen molar-refractivity contribution in [1.29, 1.82) is 0 Å². The zero-order valence-corrected chi connectivity index (χ0v) is 15.0. The van der Waals surface area contributed by atoms with Gasteiger partial charge in [0.1, 0.15) is 10.6 Å². The van der Waals surface area contributed by atoms with Gasteiger partial charge in [-0.1, -0.05) is 12.1 Å². The number of hydrogen-bond donors (Lipinski definition) is 3. The number of aromatic hydroxyl groups is 1. The van der Waals surface area contributed by atoms with Gasteiger partial charge in [0.15, 0.2) is 9.84 Å². The minimum absolute atomic E-state index is 0.0498. The number of sulfone groups is 1. The number of carbonyl (C=O) groups is 1. The molecule has 1 unspecified atom stereocenters. The summed E-state index contributed by atoms with van der Waals surface area (Å²) in [4.78, 5) is 11.9. The van der Waals surface area contributed by atoms with Crippen molar-refractivity contribution < 1.29 is 18.3 Å². The van der Waals surface area contributed by atoms with Crippen LogP contribution in [0.1, 0.15) is 12.0 Å². The summed E-state index contributed by atoms with van der Waals surface area (Å²) < 4.78 is 26.1. The van der Waals surface area contributed by atoms with Crippen molar-refractivity contribution in [3.05, 3.63) is 46.2 Å². The number of nitrogens with one attached hydrogen (secondary N) is 1. The third kappa shape index (κ3) is 5.02. The van der Waals surface area contributed by atoms with E-state index in [0.717, 1.165) is 18.2 Å². The molecular formula is C15H18ClNO4S2. The predicted molar refractivity (Wildman–Crippen MR) is 94.6 cm³/mol. The normalized spacial score (nSPS) is 18.7. The molecule has 23 heavy (non-hydrogen) atoms. The van der Waals surface area contributed by atoms with Crippen LogP contribution in [0.2, 0.25) is 0 Å². The van der Waals surface area contributed by atoms with Gasteiger partial charge in [-0.15, -0.1) is 22.7 Å². The topological polar surface area (TPSA) is 83.5 Å². The van der Waals surface area contributed by atoms with Gasteiger partial charge in [0.05, 0.1) is 6.42 Å². The van der Waals surface area contributed by atoms with Crippen LogP contribution in [-0.4, -0.2) is 31.6 Å². The number of amides is 1. The van der Waals surface area contributed by atoms with E-state index in [9.17, 15) is 18.3 Å². The first-order valence-electron chi connectivity index (χ1n) is 6.84. The van der Waals surface area contributed by atoms with Crippen molar-refractivity contribution in [2.45, 2.75) is 17.7 Å². The van der Waals surface area contributed by atoms with Crippen LogP contribution in [0, 0.1) is 0 Å². The van der Waals surface area contributed by atoms with Gasteiger partial charge in [0.25, 0.3) is 0 Å². The fraction of sp³-hybridized carbons (Fsp3) is 0.267. The third-order valence-corrected chi connectivity index (χ3v) is 6.08. The average Bonchev–Trinajstić information content (AvgIpc) is 2.87. The number of benzene rings is 1. The van der Waals surface area contributed by atoms with Gasteiger partial charge in [0.2, 0.25) is 5.91 Å². The molecule has 0 radical (unpaired) electrons. The summed E-state index contributed by atoms with van der Waals surface area (Å²) in [7, 11) is -3.54. The van der Waals surface area contributed by atoms with Crippen molar-refractivity contribution in [2.75, 3.05) is 12.1 Å². The smallest absolute Gasteiger partial charge is 0.233 e. The zero-order chi connectivity index (χ0) is 17.0. The largest absolute Gasteiger partial charge is 0.507 e. The fourth-order valence-electron chi connectivity index (χ4n) is 2.10. The molecule has 0 saturated heterocycles.